The number of hydrogen-bond donors (Lipinski definition) is 2. The van der Waals surface area contributed by atoms with E-state index in [4.69, 9.17) is 0 Å². The van der Waals surface area contributed by atoms with E-state index < -0.39 is 0 Å². The number of carbonyl (C=O) groups excluding carboxylic acids is 2. The van der Waals surface area contributed by atoms with Gasteiger partial charge in [0, 0.05) is 46.3 Å². The van der Waals surface area contributed by atoms with Gasteiger partial charge in [-0.1, -0.05) is 0 Å². The van der Waals surface area contributed by atoms with Gasteiger partial charge in [-0.3, -0.25) is 19.3 Å². The summed E-state index contributed by atoms with van der Waals surface area (Å²) >= 11 is 0. The molecule has 25 heavy (non-hydrogen) atoms. The summed E-state index contributed by atoms with van der Waals surface area (Å²) in [4.78, 5) is 31.8. The average Bonchev–Trinajstić information content (AvgIpc) is 2.99. The highest BCUT2D eigenvalue weighted by molar-refractivity contribution is 14.0. The van der Waals surface area contributed by atoms with Crippen LogP contribution in [0.1, 0.15) is 13.3 Å². The fraction of sp³-hybridized carbons (Fsp3) is 0.600. The van der Waals surface area contributed by atoms with Crippen LogP contribution in [0, 0.1) is 0 Å². The Hall–Kier alpha value is -1.85. The van der Waals surface area contributed by atoms with Crippen LogP contribution in [0.15, 0.2) is 17.4 Å². The number of nitrogens with zero attached hydrogens (tertiary/aromatic N) is 5. The molecule has 2 rings (SSSR count). The van der Waals surface area contributed by atoms with Crippen LogP contribution in [0.3, 0.4) is 0 Å². The number of amides is 2. The molecule has 0 bridgehead atoms. The zero-order chi connectivity index (χ0) is 17.5. The molecular formula is C15H26IN7O2. The smallest absolute Gasteiger partial charge is 0.246 e. The first-order chi connectivity index (χ1) is 11.5. The van der Waals surface area contributed by atoms with Crippen molar-refractivity contribution in [2.75, 3.05) is 44.7 Å². The number of nitrogens with one attached hydrogen (secondary N) is 2. The van der Waals surface area contributed by atoms with Crippen molar-refractivity contribution in [2.24, 2.45) is 12.0 Å². The number of carbonyl (C=O) groups is 2. The molecule has 0 radical (unpaired) electrons. The fourth-order valence-corrected chi connectivity index (χ4v) is 2.49. The van der Waals surface area contributed by atoms with E-state index in [0.29, 0.717) is 38.6 Å². The van der Waals surface area contributed by atoms with Gasteiger partial charge in [0.15, 0.2) is 5.96 Å². The van der Waals surface area contributed by atoms with Crippen LogP contribution in [0.4, 0.5) is 5.69 Å². The van der Waals surface area contributed by atoms with Gasteiger partial charge in [0.2, 0.25) is 11.8 Å². The third-order valence-electron chi connectivity index (χ3n) is 3.74. The number of aryl methyl sites for hydroxylation is 1. The number of guanidine groups is 1. The first kappa shape index (κ1) is 21.2. The summed E-state index contributed by atoms with van der Waals surface area (Å²) in [6, 6.07) is 0. The number of piperazine rings is 1. The molecule has 0 aromatic carbocycles. The van der Waals surface area contributed by atoms with E-state index in [1.165, 1.54) is 0 Å². The van der Waals surface area contributed by atoms with Crippen LogP contribution < -0.4 is 15.5 Å². The summed E-state index contributed by atoms with van der Waals surface area (Å²) in [5.41, 5.74) is 0.809. The van der Waals surface area contributed by atoms with Gasteiger partial charge in [0.25, 0.3) is 0 Å². The van der Waals surface area contributed by atoms with E-state index in [2.05, 4.69) is 20.7 Å². The average molecular weight is 463 g/mol. The van der Waals surface area contributed by atoms with Gasteiger partial charge in [-0.25, -0.2) is 0 Å². The van der Waals surface area contributed by atoms with E-state index in [1.54, 1.807) is 22.8 Å². The highest BCUT2D eigenvalue weighted by Gasteiger charge is 2.27. The SMILES string of the molecule is CCNC(=NCCC(=O)NC)N1CCN(c2cnn(C)c2)C(=O)C1.I. The zero-order valence-electron chi connectivity index (χ0n) is 14.9. The first-order valence-corrected chi connectivity index (χ1v) is 8.08. The fourth-order valence-electron chi connectivity index (χ4n) is 2.49. The Bertz CT molecular complexity index is 617. The van der Waals surface area contributed by atoms with Crippen LogP contribution in [-0.4, -0.2) is 72.2 Å². The molecule has 0 spiro atoms. The molecule has 9 nitrogen and oxygen atoms in total. The minimum absolute atomic E-state index is 0. The summed E-state index contributed by atoms with van der Waals surface area (Å²) in [6.45, 7) is 4.56. The molecule has 1 saturated heterocycles. The predicted octanol–water partition coefficient (Wildman–Crippen LogP) is -0.212. The van der Waals surface area contributed by atoms with E-state index in [1.807, 2.05) is 25.1 Å². The molecule has 1 aliphatic rings. The highest BCUT2D eigenvalue weighted by Crippen LogP contribution is 2.16. The molecule has 0 saturated carbocycles. The summed E-state index contributed by atoms with van der Waals surface area (Å²) in [6.07, 6.45) is 3.85. The second kappa shape index (κ2) is 10.2. The van der Waals surface area contributed by atoms with E-state index in [0.717, 1.165) is 5.69 Å². The Morgan fingerprint density at radius 3 is 2.72 bits per heavy atom. The molecule has 1 aliphatic heterocycles. The zero-order valence-corrected chi connectivity index (χ0v) is 17.2. The van der Waals surface area contributed by atoms with Crippen LogP contribution in [0.25, 0.3) is 0 Å². The van der Waals surface area contributed by atoms with E-state index >= 15 is 0 Å². The Balaban J connectivity index is 0.00000312. The number of aromatic nitrogens is 2. The quantitative estimate of drug-likeness (QED) is 0.358. The number of rotatable bonds is 5. The normalized spacial score (nSPS) is 15.0. The lowest BCUT2D eigenvalue weighted by molar-refractivity contribution is -0.121. The van der Waals surface area contributed by atoms with Crippen LogP contribution >= 0.6 is 24.0 Å². The van der Waals surface area contributed by atoms with Crippen molar-refractivity contribution < 1.29 is 9.59 Å². The molecule has 10 heteroatoms. The second-order valence-electron chi connectivity index (χ2n) is 5.50. The van der Waals surface area contributed by atoms with Crippen LogP contribution in [0.2, 0.25) is 0 Å². The van der Waals surface area contributed by atoms with Crippen LogP contribution in [-0.2, 0) is 16.6 Å². The molecule has 2 heterocycles. The van der Waals surface area contributed by atoms with Crippen molar-refractivity contribution in [3.63, 3.8) is 0 Å². The highest BCUT2D eigenvalue weighted by atomic mass is 127. The maximum Gasteiger partial charge on any atom is 0.246 e. The van der Waals surface area contributed by atoms with Gasteiger partial charge in [-0.2, -0.15) is 5.10 Å². The minimum Gasteiger partial charge on any atom is -0.359 e. The Morgan fingerprint density at radius 2 is 2.16 bits per heavy atom. The van der Waals surface area contributed by atoms with E-state index in [-0.39, 0.29) is 42.3 Å². The molecule has 2 N–H and O–H groups in total. The maximum absolute atomic E-state index is 12.5. The maximum atomic E-state index is 12.5. The summed E-state index contributed by atoms with van der Waals surface area (Å²) in [5, 5.41) is 9.86. The summed E-state index contributed by atoms with van der Waals surface area (Å²) in [7, 11) is 3.43. The third kappa shape index (κ3) is 5.87. The summed E-state index contributed by atoms with van der Waals surface area (Å²) in [5.74, 6) is 0.624. The van der Waals surface area contributed by atoms with Crippen molar-refractivity contribution in [3.05, 3.63) is 12.4 Å². The van der Waals surface area contributed by atoms with Crippen molar-refractivity contribution in [1.82, 2.24) is 25.3 Å². The largest absolute Gasteiger partial charge is 0.359 e. The van der Waals surface area contributed by atoms with Gasteiger partial charge < -0.3 is 20.4 Å². The number of hydrogen-bond acceptors (Lipinski definition) is 4. The molecule has 1 aromatic heterocycles. The lowest BCUT2D eigenvalue weighted by Crippen LogP contribution is -2.55. The van der Waals surface area contributed by atoms with Gasteiger partial charge in [0.1, 0.15) is 6.54 Å². The lowest BCUT2D eigenvalue weighted by atomic mass is 10.3. The van der Waals surface area contributed by atoms with E-state index in [9.17, 15) is 9.59 Å². The Kier molecular flexibility index (Phi) is 8.66. The minimum atomic E-state index is -0.0490. The molecule has 1 fully saturated rings. The molecule has 2 amide bonds. The topological polar surface area (TPSA) is 94.9 Å². The molecule has 0 aliphatic carbocycles. The molecule has 0 unspecified atom stereocenters. The van der Waals surface area contributed by atoms with Crippen molar-refractivity contribution in [3.8, 4) is 0 Å². The molecule has 140 valence electrons. The van der Waals surface area contributed by atoms with Crippen LogP contribution in [0.5, 0.6) is 0 Å². The standard InChI is InChI=1S/C15H25N7O2.HI/c1-4-17-15(18-6-5-13(23)16-2)21-7-8-22(14(24)11-21)12-9-19-20(3)10-12;/h9-10H,4-8,11H2,1-3H3,(H,16,23)(H,17,18);1H. The predicted molar refractivity (Wildman–Crippen MR) is 107 cm³/mol. The van der Waals surface area contributed by atoms with Gasteiger partial charge in [0.05, 0.1) is 18.4 Å². The third-order valence-corrected chi connectivity index (χ3v) is 3.74. The number of halogens is 1. The summed E-state index contributed by atoms with van der Waals surface area (Å²) < 4.78 is 1.68. The number of aliphatic imine (C=N–C) groups is 1. The first-order valence-electron chi connectivity index (χ1n) is 8.08. The Morgan fingerprint density at radius 1 is 1.40 bits per heavy atom. The van der Waals surface area contributed by atoms with Crippen molar-refractivity contribution >= 4 is 47.4 Å². The van der Waals surface area contributed by atoms with Crippen molar-refractivity contribution in [1.29, 1.82) is 0 Å². The van der Waals surface area contributed by atoms with Gasteiger partial charge in [-0.15, -0.1) is 24.0 Å². The van der Waals surface area contributed by atoms with Gasteiger partial charge in [-0.05, 0) is 6.92 Å². The van der Waals surface area contributed by atoms with Gasteiger partial charge >= 0.3 is 0 Å². The Labute approximate surface area is 164 Å². The molecular weight excluding hydrogens is 437 g/mol. The second-order valence-corrected chi connectivity index (χ2v) is 5.50. The molecule has 1 aromatic rings. The monoisotopic (exact) mass is 463 g/mol. The number of anilines is 1. The molecule has 0 atom stereocenters. The van der Waals surface area contributed by atoms with Crippen molar-refractivity contribution in [2.45, 2.75) is 13.3 Å². The lowest BCUT2D eigenvalue weighted by Gasteiger charge is -2.35.